The van der Waals surface area contributed by atoms with Gasteiger partial charge in [-0.3, -0.25) is 9.69 Å². The van der Waals surface area contributed by atoms with E-state index in [2.05, 4.69) is 40.4 Å². The number of ether oxygens (including phenoxy) is 1. The van der Waals surface area contributed by atoms with Crippen molar-refractivity contribution >= 4 is 0 Å². The molecule has 5 heteroatoms. The molecule has 2 aromatic rings. The van der Waals surface area contributed by atoms with E-state index in [1.165, 1.54) is 28.8 Å². The number of benzene rings is 1. The standard InChI is InChI=1S/C22H29N3O2/c1-15-16(2)20(27-3)9-8-17(15)13-24-10-4-6-18(14-24)19-12-22(26)23-21-7-5-11-25(19)21/h8-9,12,18H,4-7,10-11,13-14H2,1-3H3/t18-/m0/s1. The van der Waals surface area contributed by atoms with Crippen LogP contribution in [-0.2, 0) is 19.5 Å². The lowest BCUT2D eigenvalue weighted by Gasteiger charge is -2.34. The van der Waals surface area contributed by atoms with Gasteiger partial charge in [0.05, 0.1) is 7.11 Å². The minimum atomic E-state index is -0.0723. The zero-order valence-corrected chi connectivity index (χ0v) is 16.6. The molecule has 0 radical (unpaired) electrons. The average Bonchev–Trinajstić information content (AvgIpc) is 3.13. The van der Waals surface area contributed by atoms with Gasteiger partial charge in [0, 0.05) is 43.7 Å². The first-order chi connectivity index (χ1) is 13.1. The molecule has 2 aliphatic heterocycles. The van der Waals surface area contributed by atoms with Crippen LogP contribution in [0.25, 0.3) is 0 Å². The summed E-state index contributed by atoms with van der Waals surface area (Å²) in [5.74, 6) is 2.36. The maximum atomic E-state index is 12.1. The number of aryl methyl sites for hydroxylation is 1. The fourth-order valence-electron chi connectivity index (χ4n) is 4.68. The molecule has 3 heterocycles. The van der Waals surface area contributed by atoms with Gasteiger partial charge in [0.1, 0.15) is 11.6 Å². The summed E-state index contributed by atoms with van der Waals surface area (Å²) < 4.78 is 7.75. The van der Waals surface area contributed by atoms with E-state index in [-0.39, 0.29) is 5.56 Å². The summed E-state index contributed by atoms with van der Waals surface area (Å²) in [5.41, 5.74) is 5.04. The largest absolute Gasteiger partial charge is 0.496 e. The summed E-state index contributed by atoms with van der Waals surface area (Å²) in [7, 11) is 1.73. The number of likely N-dealkylation sites (tertiary alicyclic amines) is 1. The van der Waals surface area contributed by atoms with E-state index >= 15 is 0 Å². The van der Waals surface area contributed by atoms with Gasteiger partial charge in [0.2, 0.25) is 0 Å². The number of aromatic nitrogens is 2. The van der Waals surface area contributed by atoms with Gasteiger partial charge in [-0.1, -0.05) is 6.07 Å². The highest BCUT2D eigenvalue weighted by Gasteiger charge is 2.26. The van der Waals surface area contributed by atoms with E-state index in [1.807, 2.05) is 0 Å². The average molecular weight is 367 g/mol. The van der Waals surface area contributed by atoms with Gasteiger partial charge < -0.3 is 9.30 Å². The highest BCUT2D eigenvalue weighted by atomic mass is 16.5. The molecule has 0 bridgehead atoms. The molecule has 0 spiro atoms. The van der Waals surface area contributed by atoms with Crippen molar-refractivity contribution in [2.24, 2.45) is 0 Å². The maximum absolute atomic E-state index is 12.1. The lowest BCUT2D eigenvalue weighted by Crippen LogP contribution is -2.35. The quantitative estimate of drug-likeness (QED) is 0.833. The topological polar surface area (TPSA) is 47.4 Å². The van der Waals surface area contributed by atoms with Gasteiger partial charge in [-0.15, -0.1) is 0 Å². The first-order valence-corrected chi connectivity index (χ1v) is 10.0. The highest BCUT2D eigenvalue weighted by molar-refractivity contribution is 5.43. The summed E-state index contributed by atoms with van der Waals surface area (Å²) in [6.45, 7) is 8.39. The Morgan fingerprint density at radius 2 is 2.04 bits per heavy atom. The molecular formula is C22H29N3O2. The lowest BCUT2D eigenvalue weighted by molar-refractivity contribution is 0.196. The predicted octanol–water partition coefficient (Wildman–Crippen LogP) is 3.19. The van der Waals surface area contributed by atoms with E-state index in [0.717, 1.165) is 57.0 Å². The normalized spacial score (nSPS) is 19.9. The summed E-state index contributed by atoms with van der Waals surface area (Å²) >= 11 is 0. The molecule has 0 unspecified atom stereocenters. The maximum Gasteiger partial charge on any atom is 0.273 e. The predicted molar refractivity (Wildman–Crippen MR) is 107 cm³/mol. The number of piperidine rings is 1. The Balaban J connectivity index is 1.55. The van der Waals surface area contributed by atoms with Crippen LogP contribution in [0.1, 0.15) is 53.4 Å². The van der Waals surface area contributed by atoms with Crippen LogP contribution >= 0.6 is 0 Å². The Labute approximate surface area is 161 Å². The van der Waals surface area contributed by atoms with Crippen molar-refractivity contribution in [1.82, 2.24) is 14.5 Å². The second-order valence-corrected chi connectivity index (χ2v) is 7.94. The number of fused-ring (bicyclic) bond motifs is 1. The minimum absolute atomic E-state index is 0.0723. The fraction of sp³-hybridized carbons (Fsp3) is 0.545. The molecule has 0 aliphatic carbocycles. The smallest absolute Gasteiger partial charge is 0.273 e. The first-order valence-electron chi connectivity index (χ1n) is 10.0. The Morgan fingerprint density at radius 3 is 2.85 bits per heavy atom. The number of methoxy groups -OCH3 is 1. The number of hydrogen-bond donors (Lipinski definition) is 0. The highest BCUT2D eigenvalue weighted by Crippen LogP contribution is 2.31. The third-order valence-electron chi connectivity index (χ3n) is 6.30. The second kappa shape index (κ2) is 7.47. The van der Waals surface area contributed by atoms with Gasteiger partial charge in [0.15, 0.2) is 0 Å². The van der Waals surface area contributed by atoms with E-state index in [1.54, 1.807) is 13.2 Å². The van der Waals surface area contributed by atoms with Gasteiger partial charge >= 0.3 is 0 Å². The molecule has 4 rings (SSSR count). The molecule has 2 aliphatic rings. The van der Waals surface area contributed by atoms with Crippen molar-refractivity contribution in [3.63, 3.8) is 0 Å². The van der Waals surface area contributed by atoms with E-state index in [4.69, 9.17) is 4.74 Å². The summed E-state index contributed by atoms with van der Waals surface area (Å²) in [6, 6.07) is 6.06. The first kappa shape index (κ1) is 18.2. The monoisotopic (exact) mass is 367 g/mol. The van der Waals surface area contributed by atoms with E-state index in [9.17, 15) is 4.79 Å². The number of hydrogen-bond acceptors (Lipinski definition) is 4. The minimum Gasteiger partial charge on any atom is -0.496 e. The molecule has 0 N–H and O–H groups in total. The molecule has 27 heavy (non-hydrogen) atoms. The van der Waals surface area contributed by atoms with Crippen molar-refractivity contribution < 1.29 is 4.74 Å². The molecule has 1 fully saturated rings. The second-order valence-electron chi connectivity index (χ2n) is 7.94. The molecule has 0 saturated carbocycles. The van der Waals surface area contributed by atoms with Crippen molar-refractivity contribution in [1.29, 1.82) is 0 Å². The summed E-state index contributed by atoms with van der Waals surface area (Å²) in [6.07, 6.45) is 4.36. The van der Waals surface area contributed by atoms with Crippen molar-refractivity contribution in [2.45, 2.75) is 58.5 Å². The Kier molecular flexibility index (Phi) is 5.04. The number of rotatable bonds is 4. The van der Waals surface area contributed by atoms with Crippen LogP contribution in [-0.4, -0.2) is 34.7 Å². The van der Waals surface area contributed by atoms with Gasteiger partial charge in [-0.05, 0) is 62.4 Å². The molecular weight excluding hydrogens is 338 g/mol. The molecule has 1 saturated heterocycles. The summed E-state index contributed by atoms with van der Waals surface area (Å²) in [4.78, 5) is 18.8. The Morgan fingerprint density at radius 1 is 1.19 bits per heavy atom. The molecule has 144 valence electrons. The van der Waals surface area contributed by atoms with Gasteiger partial charge in [-0.25, -0.2) is 0 Å². The van der Waals surface area contributed by atoms with Crippen molar-refractivity contribution in [3.05, 3.63) is 56.8 Å². The SMILES string of the molecule is COc1ccc(CN2CCC[C@H](c3cc(=O)nc4n3CCC4)C2)c(C)c1C. The Hall–Kier alpha value is -2.14. The zero-order valence-electron chi connectivity index (χ0n) is 16.6. The molecule has 5 nitrogen and oxygen atoms in total. The van der Waals surface area contributed by atoms with Crippen LogP contribution in [0.4, 0.5) is 0 Å². The van der Waals surface area contributed by atoms with Gasteiger partial charge in [-0.2, -0.15) is 4.98 Å². The van der Waals surface area contributed by atoms with E-state index in [0.29, 0.717) is 5.92 Å². The molecule has 1 aromatic carbocycles. The van der Waals surface area contributed by atoms with E-state index < -0.39 is 0 Å². The van der Waals surface area contributed by atoms with Crippen LogP contribution in [0.3, 0.4) is 0 Å². The molecule has 0 amide bonds. The van der Waals surface area contributed by atoms with Crippen LogP contribution in [0.2, 0.25) is 0 Å². The van der Waals surface area contributed by atoms with Crippen LogP contribution in [0, 0.1) is 13.8 Å². The zero-order chi connectivity index (χ0) is 19.0. The van der Waals surface area contributed by atoms with Crippen molar-refractivity contribution in [2.75, 3.05) is 20.2 Å². The fourth-order valence-corrected chi connectivity index (χ4v) is 4.68. The van der Waals surface area contributed by atoms with Crippen LogP contribution in [0.5, 0.6) is 5.75 Å². The van der Waals surface area contributed by atoms with Crippen LogP contribution in [0.15, 0.2) is 23.0 Å². The Bertz CT molecular complexity index is 903. The van der Waals surface area contributed by atoms with Crippen molar-refractivity contribution in [3.8, 4) is 5.75 Å². The lowest BCUT2D eigenvalue weighted by atomic mass is 9.93. The number of nitrogens with zero attached hydrogens (tertiary/aromatic N) is 3. The third kappa shape index (κ3) is 3.53. The molecule has 1 atom stereocenters. The third-order valence-corrected chi connectivity index (χ3v) is 6.30. The van der Waals surface area contributed by atoms with Crippen LogP contribution < -0.4 is 10.3 Å². The van der Waals surface area contributed by atoms with Gasteiger partial charge in [0.25, 0.3) is 5.56 Å². The molecule has 1 aromatic heterocycles. The summed E-state index contributed by atoms with van der Waals surface area (Å²) in [5, 5.41) is 0.